The van der Waals surface area contributed by atoms with E-state index in [9.17, 15) is 42.9 Å². The number of anilines is 4. The van der Waals surface area contributed by atoms with Crippen LogP contribution in [0, 0.1) is 28.5 Å². The van der Waals surface area contributed by atoms with Crippen LogP contribution in [0.4, 0.5) is 40.3 Å². The van der Waals surface area contributed by atoms with E-state index in [1.807, 2.05) is 11.0 Å². The lowest BCUT2D eigenvalue weighted by molar-refractivity contribution is -0.138. The summed E-state index contributed by atoms with van der Waals surface area (Å²) in [6.07, 6.45) is -4.37. The number of nitrogens with one attached hydrogen (secondary N) is 3. The Morgan fingerprint density at radius 1 is 0.966 bits per heavy atom. The van der Waals surface area contributed by atoms with Gasteiger partial charge in [0.15, 0.2) is 16.7 Å². The van der Waals surface area contributed by atoms with E-state index in [2.05, 4.69) is 20.9 Å². The predicted octanol–water partition coefficient (Wildman–Crippen LogP) is 4.78. The van der Waals surface area contributed by atoms with Crippen LogP contribution in [0.25, 0.3) is 0 Å². The van der Waals surface area contributed by atoms with Crippen LogP contribution in [-0.4, -0.2) is 96.0 Å². The van der Waals surface area contributed by atoms with Crippen molar-refractivity contribution in [2.45, 2.75) is 44.4 Å². The molecule has 0 bridgehead atoms. The topological polar surface area (TPSA) is 174 Å². The molecule has 0 radical (unpaired) electrons. The molecule has 1 unspecified atom stereocenters. The van der Waals surface area contributed by atoms with Crippen molar-refractivity contribution in [2.24, 2.45) is 0 Å². The van der Waals surface area contributed by atoms with Crippen molar-refractivity contribution in [3.63, 3.8) is 0 Å². The number of benzene rings is 3. The van der Waals surface area contributed by atoms with E-state index in [0.717, 1.165) is 17.0 Å². The van der Waals surface area contributed by atoms with E-state index in [1.165, 1.54) is 49.1 Å². The van der Waals surface area contributed by atoms with Gasteiger partial charge in [0, 0.05) is 62.3 Å². The van der Waals surface area contributed by atoms with E-state index < -0.39 is 46.5 Å². The molecule has 6 rings (SSSR count). The van der Waals surface area contributed by atoms with Crippen LogP contribution in [0.1, 0.15) is 43.4 Å². The average Bonchev–Trinajstić information content (AvgIpc) is 3.35. The highest BCUT2D eigenvalue weighted by Crippen LogP contribution is 2.40. The van der Waals surface area contributed by atoms with Crippen LogP contribution in [0.5, 0.6) is 5.75 Å². The molecule has 3 heterocycles. The summed E-state index contributed by atoms with van der Waals surface area (Å²) in [6, 6.07) is 14.5. The number of piperidine rings is 1. The van der Waals surface area contributed by atoms with Gasteiger partial charge in [-0.1, -0.05) is 0 Å². The zero-order valence-corrected chi connectivity index (χ0v) is 33.3. The molecular formula is C39H38ClF4N9O5S. The quantitative estimate of drug-likeness (QED) is 0.137. The van der Waals surface area contributed by atoms with Crippen molar-refractivity contribution in [3.05, 3.63) is 77.1 Å². The smallest absolute Gasteiger partial charge is 0.417 e. The highest BCUT2D eigenvalue weighted by atomic mass is 35.5. The number of alkyl halides is 3. The standard InChI is InChI=1S/C39H37F4N9O5S.ClH/c1-38(2)36(56)51(27-4-3-24(21-45)29(18-27)39(41,42)43)37(58)52(38)28-5-7-32(30(40)19-28)57-14-13-49-9-11-50(12-10-49)22-34(54)47-26-16-23(20-44)15-25(17-26)46-31-6-8-33(53)48-35(31)55;/h3-5,7,15-19,31,46H,6,8-14,22H2,1-2H3,(H,47,54)(H,48,53,55);1H. The Bertz CT molecular complexity index is 2260. The molecule has 0 aliphatic carbocycles. The van der Waals surface area contributed by atoms with E-state index >= 15 is 4.39 Å². The zero-order chi connectivity index (χ0) is 41.9. The molecule has 3 saturated heterocycles. The molecule has 0 saturated carbocycles. The number of hydrogen-bond donors (Lipinski definition) is 3. The van der Waals surface area contributed by atoms with Crippen LogP contribution in [0.2, 0.25) is 0 Å². The largest absolute Gasteiger partial charge is 0.489 e. The van der Waals surface area contributed by atoms with Gasteiger partial charge in [-0.05, 0) is 81.0 Å². The molecule has 3 aromatic carbocycles. The number of amides is 4. The number of thiocarbonyl (C=S) groups is 1. The molecule has 59 heavy (non-hydrogen) atoms. The molecule has 310 valence electrons. The SMILES string of the molecule is CC1(C)C(=O)N(c2ccc(C#N)c(C(F)(F)F)c2)C(=S)N1c1ccc(OCCN2CCN(CC(=O)Nc3cc(C#N)cc(NC4CCC(=O)NC4=O)c3)CC2)c(F)c1.Cl. The van der Waals surface area contributed by atoms with Gasteiger partial charge in [-0.3, -0.25) is 39.2 Å². The summed E-state index contributed by atoms with van der Waals surface area (Å²) in [5.41, 5.74) is -2.11. The Hall–Kier alpha value is -5.86. The van der Waals surface area contributed by atoms with E-state index in [4.69, 9.17) is 17.0 Å². The minimum atomic E-state index is -4.85. The summed E-state index contributed by atoms with van der Waals surface area (Å²) < 4.78 is 62.2. The van der Waals surface area contributed by atoms with Gasteiger partial charge in [0.05, 0.1) is 41.1 Å². The van der Waals surface area contributed by atoms with Crippen molar-refractivity contribution in [1.29, 1.82) is 10.5 Å². The number of piperazine rings is 1. The van der Waals surface area contributed by atoms with Crippen LogP contribution >= 0.6 is 24.6 Å². The van der Waals surface area contributed by atoms with Gasteiger partial charge >= 0.3 is 6.18 Å². The molecule has 14 nitrogen and oxygen atoms in total. The minimum absolute atomic E-state index is 0. The first kappa shape index (κ1) is 44.2. The van der Waals surface area contributed by atoms with E-state index in [1.54, 1.807) is 12.1 Å². The number of nitrogens with zero attached hydrogens (tertiary/aromatic N) is 6. The van der Waals surface area contributed by atoms with E-state index in [0.29, 0.717) is 56.6 Å². The number of carbonyl (C=O) groups is 4. The van der Waals surface area contributed by atoms with E-state index in [-0.39, 0.29) is 71.6 Å². The van der Waals surface area contributed by atoms with Crippen LogP contribution in [-0.2, 0) is 25.4 Å². The Morgan fingerprint density at radius 2 is 1.64 bits per heavy atom. The number of ether oxygens (including phenoxy) is 1. The van der Waals surface area contributed by atoms with Crippen molar-refractivity contribution in [3.8, 4) is 17.9 Å². The molecule has 3 aliphatic rings. The first-order valence-electron chi connectivity index (χ1n) is 18.1. The number of nitriles is 2. The normalized spacial score (nSPS) is 18.4. The molecule has 3 N–H and O–H groups in total. The summed E-state index contributed by atoms with van der Waals surface area (Å²) >= 11 is 5.54. The molecule has 0 spiro atoms. The minimum Gasteiger partial charge on any atom is -0.489 e. The fourth-order valence-electron chi connectivity index (χ4n) is 6.94. The molecular weight excluding hydrogens is 818 g/mol. The third-order valence-corrected chi connectivity index (χ3v) is 10.3. The lowest BCUT2D eigenvalue weighted by Gasteiger charge is -2.34. The molecule has 3 fully saturated rings. The van der Waals surface area contributed by atoms with Crippen molar-refractivity contribution < 1.29 is 41.5 Å². The summed E-state index contributed by atoms with van der Waals surface area (Å²) in [7, 11) is 0. The van der Waals surface area contributed by atoms with Crippen LogP contribution in [0.15, 0.2) is 54.6 Å². The lowest BCUT2D eigenvalue weighted by atomic mass is 10.0. The highest BCUT2D eigenvalue weighted by molar-refractivity contribution is 7.81. The first-order chi connectivity index (χ1) is 27.5. The van der Waals surface area contributed by atoms with Crippen LogP contribution < -0.4 is 30.5 Å². The summed E-state index contributed by atoms with van der Waals surface area (Å²) in [4.78, 5) is 56.5. The maximum absolute atomic E-state index is 15.4. The van der Waals surface area contributed by atoms with Gasteiger partial charge in [0.25, 0.3) is 5.91 Å². The Labute approximate surface area is 348 Å². The number of imide groups is 1. The molecule has 4 amide bonds. The summed E-state index contributed by atoms with van der Waals surface area (Å²) in [5.74, 6) is -2.54. The third kappa shape index (κ3) is 9.89. The fourth-order valence-corrected chi connectivity index (χ4v) is 7.47. The van der Waals surface area contributed by atoms with Gasteiger partial charge in [-0.2, -0.15) is 23.7 Å². The molecule has 3 aromatic rings. The van der Waals surface area contributed by atoms with Gasteiger partial charge in [0.2, 0.25) is 17.7 Å². The fraction of sp³-hybridized carbons (Fsp3) is 0.359. The lowest BCUT2D eigenvalue weighted by Crippen LogP contribution is -2.49. The third-order valence-electron chi connectivity index (χ3n) is 9.95. The maximum atomic E-state index is 15.4. The zero-order valence-electron chi connectivity index (χ0n) is 31.7. The van der Waals surface area contributed by atoms with Crippen molar-refractivity contribution in [1.82, 2.24) is 15.1 Å². The summed E-state index contributed by atoms with van der Waals surface area (Å²) in [5, 5.41) is 26.6. The Kier molecular flexibility index (Phi) is 13.5. The number of hydrogen-bond acceptors (Lipinski definition) is 11. The second-order valence-electron chi connectivity index (χ2n) is 14.3. The monoisotopic (exact) mass is 855 g/mol. The molecule has 3 aliphatic heterocycles. The van der Waals surface area contributed by atoms with Crippen LogP contribution in [0.3, 0.4) is 0 Å². The van der Waals surface area contributed by atoms with Gasteiger partial charge in [-0.15, -0.1) is 12.4 Å². The second-order valence-corrected chi connectivity index (χ2v) is 14.7. The van der Waals surface area contributed by atoms with Gasteiger partial charge in [-0.25, -0.2) is 4.39 Å². The maximum Gasteiger partial charge on any atom is 0.417 e. The second kappa shape index (κ2) is 18.0. The number of rotatable bonds is 11. The Balaban J connectivity index is 0.00000661. The van der Waals surface area contributed by atoms with Gasteiger partial charge in [0.1, 0.15) is 18.2 Å². The highest BCUT2D eigenvalue weighted by Gasteiger charge is 2.51. The van der Waals surface area contributed by atoms with Crippen molar-refractivity contribution >= 4 is 76.1 Å². The number of carbonyl (C=O) groups excluding carboxylic acids is 4. The Morgan fingerprint density at radius 3 is 2.29 bits per heavy atom. The molecule has 20 heteroatoms. The van der Waals surface area contributed by atoms with Gasteiger partial charge < -0.3 is 20.3 Å². The number of halogens is 5. The molecule has 1 atom stereocenters. The molecule has 0 aromatic heterocycles. The average molecular weight is 856 g/mol. The summed E-state index contributed by atoms with van der Waals surface area (Å²) in [6.45, 7) is 6.08. The predicted molar refractivity (Wildman–Crippen MR) is 214 cm³/mol. The first-order valence-corrected chi connectivity index (χ1v) is 18.5. The van der Waals surface area contributed by atoms with Crippen molar-refractivity contribution in [2.75, 3.05) is 66.3 Å².